The summed E-state index contributed by atoms with van der Waals surface area (Å²) in [6, 6.07) is 0. The summed E-state index contributed by atoms with van der Waals surface area (Å²) in [5.74, 6) is 0.147. The van der Waals surface area contributed by atoms with Crippen LogP contribution in [0.5, 0.6) is 0 Å². The minimum atomic E-state index is -0.135. The van der Waals surface area contributed by atoms with Gasteiger partial charge < -0.3 is 5.11 Å². The zero-order valence-corrected chi connectivity index (χ0v) is 7.84. The predicted molar refractivity (Wildman–Crippen MR) is 50.4 cm³/mol. The molecule has 0 radical (unpaired) electrons. The Morgan fingerprint density at radius 1 is 1.46 bits per heavy atom. The van der Waals surface area contributed by atoms with Gasteiger partial charge in [-0.1, -0.05) is 12.5 Å². The average molecular weight is 178 g/mol. The second-order valence-electron chi connectivity index (χ2n) is 3.75. The van der Waals surface area contributed by atoms with Crippen molar-refractivity contribution in [2.75, 3.05) is 0 Å². The fourth-order valence-electron chi connectivity index (χ4n) is 2.41. The van der Waals surface area contributed by atoms with Gasteiger partial charge >= 0.3 is 0 Å². The number of hydrogen-bond donors (Lipinski definition) is 1. The second-order valence-corrected chi connectivity index (χ2v) is 3.75. The molecule has 2 heteroatoms. The molecule has 13 heavy (non-hydrogen) atoms. The first-order valence-electron chi connectivity index (χ1n) is 4.88. The van der Waals surface area contributed by atoms with Crippen LogP contribution in [0.4, 0.5) is 0 Å². The van der Waals surface area contributed by atoms with Gasteiger partial charge in [-0.2, -0.15) is 0 Å². The Hall–Kier alpha value is -1.05. The first kappa shape index (κ1) is 8.54. The fraction of sp³-hybridized carbons (Fsp3) is 0.545. The van der Waals surface area contributed by atoms with Gasteiger partial charge in [0.15, 0.2) is 5.76 Å². The smallest absolute Gasteiger partial charge is 0.223 e. The van der Waals surface area contributed by atoms with Crippen molar-refractivity contribution < 1.29 is 9.90 Å². The van der Waals surface area contributed by atoms with Crippen molar-refractivity contribution in [3.63, 3.8) is 0 Å². The Bertz CT molecular complexity index is 310. The first-order valence-corrected chi connectivity index (χ1v) is 4.88. The molecule has 2 aliphatic carbocycles. The van der Waals surface area contributed by atoms with Crippen LogP contribution in [-0.2, 0) is 4.79 Å². The molecule has 1 unspecified atom stereocenters. The molecular formula is C11H14O2. The molecule has 0 amide bonds. The lowest BCUT2D eigenvalue weighted by molar-refractivity contribution is -0.114. The van der Waals surface area contributed by atoms with Crippen LogP contribution < -0.4 is 0 Å². The summed E-state index contributed by atoms with van der Waals surface area (Å²) in [5, 5.41) is 9.58. The molecule has 1 atom stereocenters. The molecule has 0 aromatic rings. The van der Waals surface area contributed by atoms with Crippen molar-refractivity contribution in [2.45, 2.75) is 32.6 Å². The Labute approximate surface area is 78.0 Å². The number of carbonyl (C=O) groups is 1. The Morgan fingerprint density at radius 2 is 2.23 bits per heavy atom. The molecule has 2 rings (SSSR count). The Morgan fingerprint density at radius 3 is 2.92 bits per heavy atom. The SMILES string of the molecule is C/C=C1/C(=O)C(O)=C2CCCCC21. The molecule has 1 saturated carbocycles. The summed E-state index contributed by atoms with van der Waals surface area (Å²) in [7, 11) is 0. The third-order valence-corrected chi connectivity index (χ3v) is 3.08. The lowest BCUT2D eigenvalue weighted by Crippen LogP contribution is -2.09. The number of aliphatic hydroxyl groups excluding tert-OH is 1. The standard InChI is InChI=1S/C11H14O2/c1-2-7-8-5-3-4-6-9(8)11(13)10(7)12/h2,8,13H,3-6H2,1H3/b7-2+. The highest BCUT2D eigenvalue weighted by Crippen LogP contribution is 2.42. The van der Waals surface area contributed by atoms with Crippen molar-refractivity contribution in [1.29, 1.82) is 0 Å². The zero-order chi connectivity index (χ0) is 9.42. The summed E-state index contributed by atoms with van der Waals surface area (Å²) in [4.78, 5) is 11.5. The van der Waals surface area contributed by atoms with Crippen LogP contribution in [0.2, 0.25) is 0 Å². The molecule has 1 fully saturated rings. The first-order chi connectivity index (χ1) is 6.25. The number of ketones is 1. The van der Waals surface area contributed by atoms with E-state index >= 15 is 0 Å². The van der Waals surface area contributed by atoms with E-state index in [-0.39, 0.29) is 17.5 Å². The number of aliphatic hydroxyl groups is 1. The van der Waals surface area contributed by atoms with Gasteiger partial charge in [-0.05, 0) is 31.8 Å². The maximum absolute atomic E-state index is 11.5. The van der Waals surface area contributed by atoms with E-state index in [1.165, 1.54) is 6.42 Å². The molecule has 0 heterocycles. The van der Waals surface area contributed by atoms with Gasteiger partial charge in [0.1, 0.15) is 0 Å². The molecule has 0 aromatic heterocycles. The number of Topliss-reactive ketones (excluding diaryl/α,β-unsaturated/α-hetero) is 1. The van der Waals surface area contributed by atoms with Crippen molar-refractivity contribution in [2.24, 2.45) is 5.92 Å². The average Bonchev–Trinajstić information content (AvgIpc) is 2.41. The molecular weight excluding hydrogens is 164 g/mol. The lowest BCUT2D eigenvalue weighted by Gasteiger charge is -2.20. The van der Waals surface area contributed by atoms with E-state index in [1.807, 2.05) is 13.0 Å². The van der Waals surface area contributed by atoms with Gasteiger partial charge in [0.05, 0.1) is 0 Å². The summed E-state index contributed by atoms with van der Waals surface area (Å²) in [6.45, 7) is 1.87. The van der Waals surface area contributed by atoms with Gasteiger partial charge in [-0.15, -0.1) is 0 Å². The van der Waals surface area contributed by atoms with Gasteiger partial charge in [0.2, 0.25) is 5.78 Å². The fourth-order valence-corrected chi connectivity index (χ4v) is 2.41. The minimum Gasteiger partial charge on any atom is -0.504 e. The van der Waals surface area contributed by atoms with Crippen molar-refractivity contribution in [1.82, 2.24) is 0 Å². The van der Waals surface area contributed by atoms with E-state index in [2.05, 4.69) is 0 Å². The molecule has 2 nitrogen and oxygen atoms in total. The third-order valence-electron chi connectivity index (χ3n) is 3.08. The van der Waals surface area contributed by atoms with Gasteiger partial charge in [0.25, 0.3) is 0 Å². The van der Waals surface area contributed by atoms with E-state index in [0.717, 1.165) is 30.4 Å². The molecule has 0 saturated heterocycles. The monoisotopic (exact) mass is 178 g/mol. The number of allylic oxidation sites excluding steroid dienone is 3. The molecule has 0 aliphatic heterocycles. The molecule has 1 N–H and O–H groups in total. The van der Waals surface area contributed by atoms with E-state index in [4.69, 9.17) is 0 Å². The van der Waals surface area contributed by atoms with Crippen molar-refractivity contribution >= 4 is 5.78 Å². The topological polar surface area (TPSA) is 37.3 Å². The number of hydrogen-bond acceptors (Lipinski definition) is 2. The van der Waals surface area contributed by atoms with E-state index in [0.29, 0.717) is 0 Å². The summed E-state index contributed by atoms with van der Waals surface area (Å²) in [6.07, 6.45) is 6.07. The highest BCUT2D eigenvalue weighted by molar-refractivity contribution is 6.10. The quantitative estimate of drug-likeness (QED) is 0.579. The van der Waals surface area contributed by atoms with E-state index < -0.39 is 0 Å². The predicted octanol–water partition coefficient (Wildman–Crippen LogP) is 2.52. The highest BCUT2D eigenvalue weighted by Gasteiger charge is 2.37. The third kappa shape index (κ3) is 1.12. The summed E-state index contributed by atoms with van der Waals surface area (Å²) < 4.78 is 0. The summed E-state index contributed by atoms with van der Waals surface area (Å²) >= 11 is 0. The molecule has 2 aliphatic rings. The minimum absolute atomic E-state index is 0.0396. The van der Waals surface area contributed by atoms with E-state index in [1.54, 1.807) is 0 Å². The van der Waals surface area contributed by atoms with Gasteiger partial charge in [-0.25, -0.2) is 0 Å². The largest absolute Gasteiger partial charge is 0.504 e. The van der Waals surface area contributed by atoms with Crippen LogP contribution in [0.3, 0.4) is 0 Å². The maximum atomic E-state index is 11.5. The molecule has 70 valence electrons. The zero-order valence-electron chi connectivity index (χ0n) is 7.84. The van der Waals surface area contributed by atoms with Crippen molar-refractivity contribution in [3.05, 3.63) is 23.0 Å². The number of fused-ring (bicyclic) bond motifs is 1. The Kier molecular flexibility index (Phi) is 1.98. The van der Waals surface area contributed by atoms with Gasteiger partial charge in [0, 0.05) is 11.5 Å². The molecule has 0 spiro atoms. The van der Waals surface area contributed by atoms with Crippen LogP contribution in [0.25, 0.3) is 0 Å². The van der Waals surface area contributed by atoms with Crippen LogP contribution >= 0.6 is 0 Å². The number of carbonyl (C=O) groups excluding carboxylic acids is 1. The van der Waals surface area contributed by atoms with E-state index in [9.17, 15) is 9.90 Å². The number of rotatable bonds is 0. The van der Waals surface area contributed by atoms with Crippen LogP contribution in [-0.4, -0.2) is 10.9 Å². The molecule has 0 aromatic carbocycles. The lowest BCUT2D eigenvalue weighted by atomic mass is 9.83. The summed E-state index contributed by atoms with van der Waals surface area (Å²) in [5.41, 5.74) is 1.80. The van der Waals surface area contributed by atoms with Crippen LogP contribution in [0.15, 0.2) is 23.0 Å². The van der Waals surface area contributed by atoms with Crippen molar-refractivity contribution in [3.8, 4) is 0 Å². The second kappa shape index (κ2) is 3.02. The molecule has 0 bridgehead atoms. The van der Waals surface area contributed by atoms with Crippen LogP contribution in [0.1, 0.15) is 32.6 Å². The maximum Gasteiger partial charge on any atom is 0.223 e. The Balaban J connectivity index is 2.41. The van der Waals surface area contributed by atoms with Gasteiger partial charge in [-0.3, -0.25) is 4.79 Å². The van der Waals surface area contributed by atoms with Crippen LogP contribution in [0, 0.1) is 5.92 Å². The normalized spacial score (nSPS) is 31.3. The highest BCUT2D eigenvalue weighted by atomic mass is 16.3.